The van der Waals surface area contributed by atoms with Crippen molar-refractivity contribution < 1.29 is 4.74 Å². The van der Waals surface area contributed by atoms with E-state index >= 15 is 0 Å². The molecule has 1 aromatic carbocycles. The molecule has 0 aliphatic rings. The van der Waals surface area contributed by atoms with Gasteiger partial charge in [0.1, 0.15) is 0 Å². The Morgan fingerprint density at radius 3 is 2.70 bits per heavy atom. The molecule has 2 rings (SSSR count). The van der Waals surface area contributed by atoms with Gasteiger partial charge in [-0.15, -0.1) is 0 Å². The SMILES string of the molecule is CC(C)COCCn1ccc2cc(CC(C)N)ccc21. The molecule has 0 saturated carbocycles. The molecule has 0 aliphatic heterocycles. The van der Waals surface area contributed by atoms with Gasteiger partial charge in [0.05, 0.1) is 6.61 Å². The summed E-state index contributed by atoms with van der Waals surface area (Å²) in [5, 5.41) is 1.28. The van der Waals surface area contributed by atoms with E-state index in [1.165, 1.54) is 16.5 Å². The van der Waals surface area contributed by atoms with E-state index in [1.54, 1.807) is 0 Å². The molecular weight excluding hydrogens is 248 g/mol. The fraction of sp³-hybridized carbons (Fsp3) is 0.529. The normalized spacial score (nSPS) is 13.2. The van der Waals surface area contributed by atoms with Gasteiger partial charge in [-0.1, -0.05) is 19.9 Å². The zero-order chi connectivity index (χ0) is 14.5. The second-order valence-corrected chi connectivity index (χ2v) is 6.05. The predicted octanol–water partition coefficient (Wildman–Crippen LogP) is 3.20. The highest BCUT2D eigenvalue weighted by Crippen LogP contribution is 2.18. The highest BCUT2D eigenvalue weighted by molar-refractivity contribution is 5.80. The topological polar surface area (TPSA) is 40.2 Å². The molecule has 1 aromatic heterocycles. The average molecular weight is 274 g/mol. The summed E-state index contributed by atoms with van der Waals surface area (Å²) in [6.07, 6.45) is 3.07. The predicted molar refractivity (Wildman–Crippen MR) is 84.9 cm³/mol. The first-order chi connectivity index (χ1) is 9.56. The number of nitrogens with two attached hydrogens (primary N) is 1. The molecule has 0 amide bonds. The van der Waals surface area contributed by atoms with Gasteiger partial charge < -0.3 is 15.0 Å². The molecule has 110 valence electrons. The second-order valence-electron chi connectivity index (χ2n) is 6.05. The molecule has 0 spiro atoms. The number of aromatic nitrogens is 1. The number of rotatable bonds is 7. The summed E-state index contributed by atoms with van der Waals surface area (Å²) >= 11 is 0. The van der Waals surface area contributed by atoms with Crippen LogP contribution in [0, 0.1) is 5.92 Å². The van der Waals surface area contributed by atoms with Gasteiger partial charge in [-0.3, -0.25) is 0 Å². The van der Waals surface area contributed by atoms with Crippen LogP contribution in [0.25, 0.3) is 10.9 Å². The Morgan fingerprint density at radius 1 is 1.20 bits per heavy atom. The minimum absolute atomic E-state index is 0.207. The molecule has 3 nitrogen and oxygen atoms in total. The number of fused-ring (bicyclic) bond motifs is 1. The quantitative estimate of drug-likeness (QED) is 0.788. The van der Waals surface area contributed by atoms with Gasteiger partial charge in [0.15, 0.2) is 0 Å². The van der Waals surface area contributed by atoms with Crippen LogP contribution < -0.4 is 5.73 Å². The minimum atomic E-state index is 0.207. The van der Waals surface area contributed by atoms with Crippen molar-refractivity contribution in [3.63, 3.8) is 0 Å². The van der Waals surface area contributed by atoms with Crippen molar-refractivity contribution in [2.75, 3.05) is 13.2 Å². The van der Waals surface area contributed by atoms with Gasteiger partial charge in [-0.05, 0) is 48.4 Å². The van der Waals surface area contributed by atoms with Crippen LogP contribution in [0.4, 0.5) is 0 Å². The Balaban J connectivity index is 2.01. The van der Waals surface area contributed by atoms with Crippen LogP contribution in [0.5, 0.6) is 0 Å². The standard InChI is InChI=1S/C17H26N2O/c1-13(2)12-20-9-8-19-7-6-16-11-15(10-14(3)18)4-5-17(16)19/h4-7,11,13-14H,8-10,12,18H2,1-3H3. The maximum Gasteiger partial charge on any atom is 0.0645 e. The monoisotopic (exact) mass is 274 g/mol. The maximum absolute atomic E-state index is 5.86. The van der Waals surface area contributed by atoms with E-state index in [4.69, 9.17) is 10.5 Å². The number of hydrogen-bond donors (Lipinski definition) is 1. The van der Waals surface area contributed by atoms with E-state index in [1.807, 2.05) is 6.92 Å². The van der Waals surface area contributed by atoms with Crippen LogP contribution in [-0.2, 0) is 17.7 Å². The molecule has 0 saturated heterocycles. The molecule has 3 heteroatoms. The van der Waals surface area contributed by atoms with Crippen molar-refractivity contribution >= 4 is 10.9 Å². The van der Waals surface area contributed by atoms with Crippen molar-refractivity contribution in [3.8, 4) is 0 Å². The van der Waals surface area contributed by atoms with Crippen LogP contribution in [0.1, 0.15) is 26.3 Å². The summed E-state index contributed by atoms with van der Waals surface area (Å²) in [6, 6.07) is 8.98. The Bertz CT molecular complexity index is 543. The van der Waals surface area contributed by atoms with E-state index < -0.39 is 0 Å². The van der Waals surface area contributed by atoms with Crippen LogP contribution in [0.15, 0.2) is 30.5 Å². The van der Waals surface area contributed by atoms with Crippen molar-refractivity contribution in [1.29, 1.82) is 0 Å². The molecule has 2 N–H and O–H groups in total. The average Bonchev–Trinajstić information content (AvgIpc) is 2.76. The molecule has 2 aromatic rings. The van der Waals surface area contributed by atoms with Crippen molar-refractivity contribution in [3.05, 3.63) is 36.0 Å². The number of benzene rings is 1. The Morgan fingerprint density at radius 2 is 2.00 bits per heavy atom. The van der Waals surface area contributed by atoms with Crippen LogP contribution >= 0.6 is 0 Å². The third-order valence-electron chi connectivity index (χ3n) is 3.32. The smallest absolute Gasteiger partial charge is 0.0645 e. The van der Waals surface area contributed by atoms with Crippen molar-refractivity contribution in [2.45, 2.75) is 39.8 Å². The van der Waals surface area contributed by atoms with E-state index in [0.717, 1.165) is 26.2 Å². The summed E-state index contributed by atoms with van der Waals surface area (Å²) in [5.41, 5.74) is 8.43. The summed E-state index contributed by atoms with van der Waals surface area (Å²) in [6.45, 7) is 8.89. The van der Waals surface area contributed by atoms with Gasteiger partial charge in [-0.25, -0.2) is 0 Å². The Labute approximate surface area is 121 Å². The summed E-state index contributed by atoms with van der Waals surface area (Å²) in [7, 11) is 0. The summed E-state index contributed by atoms with van der Waals surface area (Å²) < 4.78 is 7.91. The molecule has 0 bridgehead atoms. The first-order valence-corrected chi connectivity index (χ1v) is 7.47. The van der Waals surface area contributed by atoms with E-state index in [2.05, 4.69) is 48.9 Å². The Kier molecular flexibility index (Phi) is 5.21. The number of ether oxygens (including phenoxy) is 1. The number of nitrogens with zero attached hydrogens (tertiary/aromatic N) is 1. The summed E-state index contributed by atoms with van der Waals surface area (Å²) in [5.74, 6) is 0.595. The first-order valence-electron chi connectivity index (χ1n) is 7.47. The van der Waals surface area contributed by atoms with Crippen LogP contribution in [-0.4, -0.2) is 23.8 Å². The minimum Gasteiger partial charge on any atom is -0.379 e. The molecule has 1 atom stereocenters. The highest BCUT2D eigenvalue weighted by Gasteiger charge is 2.04. The molecule has 1 unspecified atom stereocenters. The third kappa shape index (κ3) is 4.09. The Hall–Kier alpha value is -1.32. The van der Waals surface area contributed by atoms with Crippen LogP contribution in [0.2, 0.25) is 0 Å². The van der Waals surface area contributed by atoms with Gasteiger partial charge in [0, 0.05) is 30.9 Å². The zero-order valence-corrected chi connectivity index (χ0v) is 12.8. The molecule has 0 fully saturated rings. The molecule has 0 aliphatic carbocycles. The molecule has 1 heterocycles. The van der Waals surface area contributed by atoms with Crippen molar-refractivity contribution in [2.24, 2.45) is 11.7 Å². The lowest BCUT2D eigenvalue weighted by molar-refractivity contribution is 0.104. The first kappa shape index (κ1) is 15.1. The molecular formula is C17H26N2O. The molecule has 20 heavy (non-hydrogen) atoms. The lowest BCUT2D eigenvalue weighted by Gasteiger charge is -2.09. The largest absolute Gasteiger partial charge is 0.379 e. The zero-order valence-electron chi connectivity index (χ0n) is 12.8. The second kappa shape index (κ2) is 6.91. The number of hydrogen-bond acceptors (Lipinski definition) is 2. The van der Waals surface area contributed by atoms with E-state index in [0.29, 0.717) is 5.92 Å². The van der Waals surface area contributed by atoms with Gasteiger partial charge in [-0.2, -0.15) is 0 Å². The van der Waals surface area contributed by atoms with Crippen LogP contribution in [0.3, 0.4) is 0 Å². The maximum atomic E-state index is 5.86. The van der Waals surface area contributed by atoms with Gasteiger partial charge >= 0.3 is 0 Å². The summed E-state index contributed by atoms with van der Waals surface area (Å²) in [4.78, 5) is 0. The highest BCUT2D eigenvalue weighted by atomic mass is 16.5. The lowest BCUT2D eigenvalue weighted by Crippen LogP contribution is -2.17. The van der Waals surface area contributed by atoms with Crippen molar-refractivity contribution in [1.82, 2.24) is 4.57 Å². The fourth-order valence-electron chi connectivity index (χ4n) is 2.43. The van der Waals surface area contributed by atoms with Gasteiger partial charge in [0.25, 0.3) is 0 Å². The van der Waals surface area contributed by atoms with E-state index in [9.17, 15) is 0 Å². The fourth-order valence-corrected chi connectivity index (χ4v) is 2.43. The molecule has 0 radical (unpaired) electrons. The third-order valence-corrected chi connectivity index (χ3v) is 3.32. The lowest BCUT2D eigenvalue weighted by atomic mass is 10.1. The van der Waals surface area contributed by atoms with Gasteiger partial charge in [0.2, 0.25) is 0 Å². The van der Waals surface area contributed by atoms with E-state index in [-0.39, 0.29) is 6.04 Å².